The summed E-state index contributed by atoms with van der Waals surface area (Å²) in [5, 5.41) is 0. The molecule has 6 heteroatoms. The van der Waals surface area contributed by atoms with Crippen LogP contribution < -0.4 is 5.73 Å². The second kappa shape index (κ2) is 7.77. The van der Waals surface area contributed by atoms with Crippen molar-refractivity contribution in [2.24, 2.45) is 0 Å². The number of nitrogen functional groups attached to an aromatic ring is 1. The van der Waals surface area contributed by atoms with Crippen LogP contribution in [-0.2, 0) is 4.74 Å². The molecule has 2 rings (SSSR count). The molecule has 0 aliphatic carbocycles. The number of rotatable bonds is 4. The van der Waals surface area contributed by atoms with Crippen LogP contribution in [0.4, 0.5) is 5.69 Å². The normalized spacial score (nSPS) is 16.8. The van der Waals surface area contributed by atoms with Gasteiger partial charge in [-0.25, -0.2) is 0 Å². The quantitative estimate of drug-likeness (QED) is 0.837. The third-order valence-corrected chi connectivity index (χ3v) is 4.40. The van der Waals surface area contributed by atoms with E-state index in [2.05, 4.69) is 20.8 Å². The van der Waals surface area contributed by atoms with Gasteiger partial charge in [-0.3, -0.25) is 9.69 Å². The largest absolute Gasteiger partial charge is 0.399 e. The van der Waals surface area contributed by atoms with Gasteiger partial charge in [0.2, 0.25) is 0 Å². The van der Waals surface area contributed by atoms with Crippen LogP contribution in [0.25, 0.3) is 0 Å². The van der Waals surface area contributed by atoms with Crippen molar-refractivity contribution in [3.05, 3.63) is 28.2 Å². The monoisotopic (exact) mass is 355 g/mol. The number of amides is 1. The molecule has 1 aliphatic rings. The topological polar surface area (TPSA) is 58.8 Å². The number of hydrogen-bond donors (Lipinski definition) is 1. The summed E-state index contributed by atoms with van der Waals surface area (Å²) < 4.78 is 5.91. The summed E-state index contributed by atoms with van der Waals surface area (Å²) in [7, 11) is 1.71. The molecule has 1 saturated heterocycles. The van der Waals surface area contributed by atoms with Crippen molar-refractivity contribution in [1.82, 2.24) is 9.80 Å². The summed E-state index contributed by atoms with van der Waals surface area (Å²) >= 11 is 3.43. The fraction of sp³-hybridized carbons (Fsp3) is 0.533. The van der Waals surface area contributed by atoms with Gasteiger partial charge in [-0.1, -0.05) is 0 Å². The van der Waals surface area contributed by atoms with E-state index in [0.29, 0.717) is 11.3 Å². The summed E-state index contributed by atoms with van der Waals surface area (Å²) in [6, 6.07) is 5.35. The molecule has 1 aliphatic heterocycles. The van der Waals surface area contributed by atoms with E-state index in [9.17, 15) is 4.79 Å². The van der Waals surface area contributed by atoms with E-state index in [1.165, 1.54) is 0 Å². The van der Waals surface area contributed by atoms with Crippen LogP contribution in [0, 0.1) is 0 Å². The van der Waals surface area contributed by atoms with Crippen molar-refractivity contribution in [3.63, 3.8) is 0 Å². The molecule has 0 bridgehead atoms. The summed E-state index contributed by atoms with van der Waals surface area (Å²) in [6.45, 7) is 5.06. The number of hydrogen-bond acceptors (Lipinski definition) is 4. The van der Waals surface area contributed by atoms with Crippen molar-refractivity contribution in [2.75, 3.05) is 52.2 Å². The molecule has 1 aromatic rings. The van der Waals surface area contributed by atoms with Gasteiger partial charge in [-0.05, 0) is 47.1 Å². The fourth-order valence-electron chi connectivity index (χ4n) is 2.50. The predicted octanol–water partition coefficient (Wildman–Crippen LogP) is 1.83. The van der Waals surface area contributed by atoms with Gasteiger partial charge in [0.25, 0.3) is 5.91 Å². The predicted molar refractivity (Wildman–Crippen MR) is 87.4 cm³/mol. The van der Waals surface area contributed by atoms with Gasteiger partial charge in [0.15, 0.2) is 0 Å². The van der Waals surface area contributed by atoms with Gasteiger partial charge in [-0.15, -0.1) is 0 Å². The first-order chi connectivity index (χ1) is 10.1. The first kappa shape index (κ1) is 16.3. The van der Waals surface area contributed by atoms with Crippen LogP contribution in [0.5, 0.6) is 0 Å². The lowest BCUT2D eigenvalue weighted by atomic mass is 10.1. The number of carbonyl (C=O) groups is 1. The average molecular weight is 356 g/mol. The highest BCUT2D eigenvalue weighted by Gasteiger charge is 2.21. The Hall–Kier alpha value is -1.11. The second-order valence-corrected chi connectivity index (χ2v) is 6.07. The van der Waals surface area contributed by atoms with Crippen molar-refractivity contribution in [1.29, 1.82) is 0 Å². The van der Waals surface area contributed by atoms with Crippen LogP contribution in [-0.4, -0.2) is 62.1 Å². The standard InChI is InChI=1S/C15H22BrN3O2/c1-21-10-9-18-5-2-6-19(8-7-18)15(20)13-11-12(17)3-4-14(13)16/h3-4,11H,2,5-10,17H2,1H3. The maximum atomic E-state index is 12.6. The smallest absolute Gasteiger partial charge is 0.255 e. The zero-order chi connectivity index (χ0) is 15.2. The third-order valence-electron chi connectivity index (χ3n) is 3.71. The Morgan fingerprint density at radius 3 is 2.90 bits per heavy atom. The van der Waals surface area contributed by atoms with Crippen molar-refractivity contribution >= 4 is 27.5 Å². The van der Waals surface area contributed by atoms with E-state index in [1.54, 1.807) is 19.2 Å². The van der Waals surface area contributed by atoms with Crippen molar-refractivity contribution in [2.45, 2.75) is 6.42 Å². The first-order valence-electron chi connectivity index (χ1n) is 7.17. The molecule has 0 aromatic heterocycles. The van der Waals surface area contributed by atoms with Gasteiger partial charge < -0.3 is 15.4 Å². The molecule has 5 nitrogen and oxygen atoms in total. The van der Waals surface area contributed by atoms with Crippen LogP contribution in [0.3, 0.4) is 0 Å². The van der Waals surface area contributed by atoms with E-state index >= 15 is 0 Å². The summed E-state index contributed by atoms with van der Waals surface area (Å²) in [4.78, 5) is 16.9. The molecule has 1 heterocycles. The van der Waals surface area contributed by atoms with Crippen molar-refractivity contribution in [3.8, 4) is 0 Å². The molecule has 116 valence electrons. The zero-order valence-corrected chi connectivity index (χ0v) is 13.9. The number of carbonyl (C=O) groups excluding carboxylic acids is 1. The van der Waals surface area contributed by atoms with E-state index in [1.807, 2.05) is 11.0 Å². The number of benzene rings is 1. The lowest BCUT2D eigenvalue weighted by Crippen LogP contribution is -2.36. The highest BCUT2D eigenvalue weighted by Crippen LogP contribution is 2.21. The van der Waals surface area contributed by atoms with Gasteiger partial charge in [0.05, 0.1) is 12.2 Å². The Balaban J connectivity index is 2.01. The Bertz CT molecular complexity index is 496. The number of ether oxygens (including phenoxy) is 1. The third kappa shape index (κ3) is 4.43. The van der Waals surface area contributed by atoms with Gasteiger partial charge >= 0.3 is 0 Å². The Morgan fingerprint density at radius 2 is 2.14 bits per heavy atom. The highest BCUT2D eigenvalue weighted by atomic mass is 79.9. The van der Waals surface area contributed by atoms with Crippen molar-refractivity contribution < 1.29 is 9.53 Å². The SMILES string of the molecule is COCCN1CCCN(C(=O)c2cc(N)ccc2Br)CC1. The molecule has 1 fully saturated rings. The summed E-state index contributed by atoms with van der Waals surface area (Å²) in [5.74, 6) is 0.0442. The molecular weight excluding hydrogens is 334 g/mol. The average Bonchev–Trinajstić information content (AvgIpc) is 2.72. The van der Waals surface area contributed by atoms with E-state index < -0.39 is 0 Å². The van der Waals surface area contributed by atoms with Crippen LogP contribution in [0.1, 0.15) is 16.8 Å². The summed E-state index contributed by atoms with van der Waals surface area (Å²) in [6.07, 6.45) is 0.982. The van der Waals surface area contributed by atoms with Crippen LogP contribution in [0.15, 0.2) is 22.7 Å². The molecule has 0 unspecified atom stereocenters. The molecule has 0 atom stereocenters. The lowest BCUT2D eigenvalue weighted by Gasteiger charge is -2.22. The molecule has 21 heavy (non-hydrogen) atoms. The summed E-state index contributed by atoms with van der Waals surface area (Å²) in [5.41, 5.74) is 7.04. The van der Waals surface area contributed by atoms with E-state index in [-0.39, 0.29) is 5.91 Å². The molecule has 1 aromatic carbocycles. The number of nitrogens with zero attached hydrogens (tertiary/aromatic N) is 2. The Morgan fingerprint density at radius 1 is 1.33 bits per heavy atom. The van der Waals surface area contributed by atoms with Crippen LogP contribution >= 0.6 is 15.9 Å². The maximum Gasteiger partial charge on any atom is 0.255 e. The number of methoxy groups -OCH3 is 1. The molecule has 2 N–H and O–H groups in total. The molecular formula is C15H22BrN3O2. The molecule has 0 saturated carbocycles. The molecule has 1 amide bonds. The van der Waals surface area contributed by atoms with E-state index in [4.69, 9.17) is 10.5 Å². The first-order valence-corrected chi connectivity index (χ1v) is 7.96. The maximum absolute atomic E-state index is 12.6. The van der Waals surface area contributed by atoms with E-state index in [0.717, 1.165) is 50.2 Å². The number of nitrogens with two attached hydrogens (primary N) is 1. The van der Waals surface area contributed by atoms with Gasteiger partial charge in [0, 0.05) is 43.4 Å². The lowest BCUT2D eigenvalue weighted by molar-refractivity contribution is 0.0758. The number of anilines is 1. The highest BCUT2D eigenvalue weighted by molar-refractivity contribution is 9.10. The number of halogens is 1. The van der Waals surface area contributed by atoms with Gasteiger partial charge in [-0.2, -0.15) is 0 Å². The minimum atomic E-state index is 0.0442. The van der Waals surface area contributed by atoms with Gasteiger partial charge in [0.1, 0.15) is 0 Å². The minimum absolute atomic E-state index is 0.0442. The Kier molecular flexibility index (Phi) is 6.02. The Labute approximate surface area is 134 Å². The zero-order valence-electron chi connectivity index (χ0n) is 12.3. The van der Waals surface area contributed by atoms with Crippen LogP contribution in [0.2, 0.25) is 0 Å². The second-order valence-electron chi connectivity index (χ2n) is 5.22. The molecule has 0 spiro atoms. The fourth-order valence-corrected chi connectivity index (χ4v) is 2.91. The molecule has 0 radical (unpaired) electrons. The minimum Gasteiger partial charge on any atom is -0.399 e.